The van der Waals surface area contributed by atoms with Crippen LogP contribution < -0.4 is 0 Å². The first-order valence-corrected chi connectivity index (χ1v) is 10.1. The fourth-order valence-electron chi connectivity index (χ4n) is 4.44. The second kappa shape index (κ2) is 8.08. The quantitative estimate of drug-likeness (QED) is 0.814. The number of halogens is 1. The lowest BCUT2D eigenvalue weighted by Gasteiger charge is -2.49. The number of rotatable bonds is 2. The third-order valence-electron chi connectivity index (χ3n) is 5.94. The summed E-state index contributed by atoms with van der Waals surface area (Å²) in [5.41, 5.74) is 0.792. The Labute approximate surface area is 174 Å². The van der Waals surface area contributed by atoms with Crippen LogP contribution in [0.4, 0.5) is 0 Å². The van der Waals surface area contributed by atoms with E-state index >= 15 is 0 Å². The molecule has 2 saturated heterocycles. The minimum Gasteiger partial charge on any atom is -0.391 e. The molecule has 2 aromatic rings. The number of carbonyl (C=O) groups is 2. The van der Waals surface area contributed by atoms with E-state index in [0.717, 1.165) is 12.8 Å². The summed E-state index contributed by atoms with van der Waals surface area (Å²) in [5.74, 6) is -0.217. The van der Waals surface area contributed by atoms with E-state index in [0.29, 0.717) is 48.7 Å². The molecule has 0 aromatic carbocycles. The van der Waals surface area contributed by atoms with Gasteiger partial charge in [0.05, 0.1) is 22.3 Å². The first-order chi connectivity index (χ1) is 14.0. The highest BCUT2D eigenvalue weighted by molar-refractivity contribution is 6.33. The van der Waals surface area contributed by atoms with Crippen LogP contribution in [0.15, 0.2) is 43.0 Å². The molecule has 152 valence electrons. The van der Waals surface area contributed by atoms with E-state index in [9.17, 15) is 14.7 Å². The Balaban J connectivity index is 1.45. The topological polar surface area (TPSA) is 86.6 Å². The fourth-order valence-corrected chi connectivity index (χ4v) is 4.64. The van der Waals surface area contributed by atoms with Crippen LogP contribution in [-0.4, -0.2) is 69.0 Å². The lowest BCUT2D eigenvalue weighted by Crippen LogP contribution is -2.55. The minimum absolute atomic E-state index is 0.105. The number of aliphatic hydroxyl groups is 1. The van der Waals surface area contributed by atoms with Crippen molar-refractivity contribution >= 4 is 23.4 Å². The average Bonchev–Trinajstić information content (AvgIpc) is 2.74. The van der Waals surface area contributed by atoms with Crippen molar-refractivity contribution < 1.29 is 14.7 Å². The summed E-state index contributed by atoms with van der Waals surface area (Å²) in [4.78, 5) is 37.1. The molecule has 1 atom stereocenters. The van der Waals surface area contributed by atoms with Crippen LogP contribution in [-0.2, 0) is 0 Å². The molecule has 2 aliphatic heterocycles. The molecule has 2 aromatic heterocycles. The SMILES string of the molecule is O=C(c1cccnc1)N1CC(O)CC2(CCN(C(=O)c3ccncc3Cl)CC2)C1. The number of piperidine rings is 2. The molecule has 7 nitrogen and oxygen atoms in total. The summed E-state index contributed by atoms with van der Waals surface area (Å²) in [6.07, 6.45) is 7.75. The van der Waals surface area contributed by atoms with Gasteiger partial charge in [0.1, 0.15) is 0 Å². The van der Waals surface area contributed by atoms with Crippen LogP contribution in [0.1, 0.15) is 40.0 Å². The first kappa shape index (κ1) is 19.8. The monoisotopic (exact) mass is 414 g/mol. The lowest BCUT2D eigenvalue weighted by molar-refractivity contribution is -0.0299. The van der Waals surface area contributed by atoms with E-state index in [2.05, 4.69) is 9.97 Å². The number of aliphatic hydroxyl groups excluding tert-OH is 1. The van der Waals surface area contributed by atoms with Crippen LogP contribution in [0.5, 0.6) is 0 Å². The maximum atomic E-state index is 12.9. The Morgan fingerprint density at radius 2 is 1.83 bits per heavy atom. The first-order valence-electron chi connectivity index (χ1n) is 9.74. The highest BCUT2D eigenvalue weighted by Gasteiger charge is 2.43. The van der Waals surface area contributed by atoms with Crippen LogP contribution in [0, 0.1) is 5.41 Å². The standard InChI is InChI=1S/C21H23ClN4O3/c22-18-12-24-7-3-17(18)20(29)25-8-4-21(5-9-25)10-16(27)13-26(14-21)19(28)15-2-1-6-23-11-15/h1-3,6-7,11-12,16,27H,4-5,8-10,13-14H2. The number of hydrogen-bond acceptors (Lipinski definition) is 5. The highest BCUT2D eigenvalue weighted by atomic mass is 35.5. The molecule has 2 amide bonds. The number of β-amino-alcohol motifs (C(OH)–C–C–N with tert-alkyl or cyclic N) is 1. The third-order valence-corrected chi connectivity index (χ3v) is 6.24. The van der Waals surface area contributed by atoms with Crippen molar-refractivity contribution in [1.29, 1.82) is 0 Å². The van der Waals surface area contributed by atoms with Crippen LogP contribution >= 0.6 is 11.6 Å². The highest BCUT2D eigenvalue weighted by Crippen LogP contribution is 2.40. The molecular formula is C21H23ClN4O3. The summed E-state index contributed by atoms with van der Waals surface area (Å²) < 4.78 is 0. The number of likely N-dealkylation sites (tertiary alicyclic amines) is 2. The van der Waals surface area contributed by atoms with Gasteiger partial charge in [0.25, 0.3) is 11.8 Å². The van der Waals surface area contributed by atoms with Crippen LogP contribution in [0.3, 0.4) is 0 Å². The van der Waals surface area contributed by atoms with Crippen molar-refractivity contribution in [3.63, 3.8) is 0 Å². The summed E-state index contributed by atoms with van der Waals surface area (Å²) >= 11 is 6.12. The van der Waals surface area contributed by atoms with Crippen molar-refractivity contribution in [1.82, 2.24) is 19.8 Å². The van der Waals surface area contributed by atoms with E-state index in [4.69, 9.17) is 11.6 Å². The molecule has 0 saturated carbocycles. The minimum atomic E-state index is -0.568. The Hall–Kier alpha value is -2.51. The molecule has 0 bridgehead atoms. The third kappa shape index (κ3) is 4.11. The van der Waals surface area contributed by atoms with Gasteiger partial charge in [-0.1, -0.05) is 11.6 Å². The van der Waals surface area contributed by atoms with Crippen LogP contribution in [0.2, 0.25) is 5.02 Å². The number of aromatic nitrogens is 2. The lowest BCUT2D eigenvalue weighted by atomic mass is 9.71. The van der Waals surface area contributed by atoms with Crippen molar-refractivity contribution in [2.75, 3.05) is 26.2 Å². The van der Waals surface area contributed by atoms with E-state index in [1.54, 1.807) is 46.6 Å². The van der Waals surface area contributed by atoms with Gasteiger partial charge in [-0.25, -0.2) is 0 Å². The van der Waals surface area contributed by atoms with Gasteiger partial charge >= 0.3 is 0 Å². The van der Waals surface area contributed by atoms with Gasteiger partial charge in [0.15, 0.2) is 0 Å². The zero-order chi connectivity index (χ0) is 20.4. The zero-order valence-corrected chi connectivity index (χ0v) is 16.8. The smallest absolute Gasteiger partial charge is 0.255 e. The molecule has 4 rings (SSSR count). The van der Waals surface area contributed by atoms with E-state index < -0.39 is 6.10 Å². The van der Waals surface area contributed by atoms with Gasteiger partial charge in [-0.3, -0.25) is 19.6 Å². The summed E-state index contributed by atoms with van der Waals surface area (Å²) in [6, 6.07) is 5.11. The fraction of sp³-hybridized carbons (Fsp3) is 0.429. The van der Waals surface area contributed by atoms with Gasteiger partial charge in [-0.05, 0) is 42.9 Å². The normalized spacial score (nSPS) is 21.2. The number of nitrogens with zero attached hydrogens (tertiary/aromatic N) is 4. The Bertz CT molecular complexity index is 900. The molecular weight excluding hydrogens is 392 g/mol. The maximum absolute atomic E-state index is 12.9. The average molecular weight is 415 g/mol. The summed E-state index contributed by atoms with van der Waals surface area (Å²) in [6.45, 7) is 2.04. The van der Waals surface area contributed by atoms with Crippen molar-refractivity contribution in [2.45, 2.75) is 25.4 Å². The number of amides is 2. The van der Waals surface area contributed by atoms with Crippen molar-refractivity contribution in [3.8, 4) is 0 Å². The van der Waals surface area contributed by atoms with Crippen molar-refractivity contribution in [2.24, 2.45) is 5.41 Å². The van der Waals surface area contributed by atoms with E-state index in [1.165, 1.54) is 6.20 Å². The zero-order valence-electron chi connectivity index (χ0n) is 16.0. The summed E-state index contributed by atoms with van der Waals surface area (Å²) in [5, 5.41) is 10.8. The number of pyridine rings is 2. The predicted octanol–water partition coefficient (Wildman–Crippen LogP) is 2.26. The van der Waals surface area contributed by atoms with Gasteiger partial charge in [0.2, 0.25) is 0 Å². The molecule has 2 fully saturated rings. The molecule has 1 N–H and O–H groups in total. The van der Waals surface area contributed by atoms with Crippen molar-refractivity contribution in [3.05, 3.63) is 59.1 Å². The predicted molar refractivity (Wildman–Crippen MR) is 108 cm³/mol. The number of carbonyl (C=O) groups excluding carboxylic acids is 2. The molecule has 1 unspecified atom stereocenters. The van der Waals surface area contributed by atoms with Gasteiger partial charge in [0, 0.05) is 51.0 Å². The van der Waals surface area contributed by atoms with Crippen LogP contribution in [0.25, 0.3) is 0 Å². The molecule has 29 heavy (non-hydrogen) atoms. The molecule has 1 spiro atoms. The summed E-state index contributed by atoms with van der Waals surface area (Å²) in [7, 11) is 0. The molecule has 8 heteroatoms. The van der Waals surface area contributed by atoms with Gasteiger partial charge in [-0.2, -0.15) is 0 Å². The largest absolute Gasteiger partial charge is 0.391 e. The van der Waals surface area contributed by atoms with Gasteiger partial charge < -0.3 is 14.9 Å². The molecule has 0 radical (unpaired) electrons. The van der Waals surface area contributed by atoms with E-state index in [1.807, 2.05) is 0 Å². The second-order valence-electron chi connectivity index (χ2n) is 7.93. The van der Waals surface area contributed by atoms with Gasteiger partial charge in [-0.15, -0.1) is 0 Å². The molecule has 4 heterocycles. The Morgan fingerprint density at radius 3 is 2.52 bits per heavy atom. The Kier molecular flexibility index (Phi) is 5.52. The second-order valence-corrected chi connectivity index (χ2v) is 8.34. The van der Waals surface area contributed by atoms with E-state index in [-0.39, 0.29) is 17.2 Å². The Morgan fingerprint density at radius 1 is 1.07 bits per heavy atom. The molecule has 2 aliphatic rings. The molecule has 0 aliphatic carbocycles. The number of hydrogen-bond donors (Lipinski definition) is 1. The maximum Gasteiger partial charge on any atom is 0.255 e.